The van der Waals surface area contributed by atoms with E-state index in [1.54, 1.807) is 19.1 Å². The predicted molar refractivity (Wildman–Crippen MR) is 119 cm³/mol. The van der Waals surface area contributed by atoms with Crippen LogP contribution in [0.4, 0.5) is 9.52 Å². The van der Waals surface area contributed by atoms with Gasteiger partial charge in [-0.15, -0.1) is 10.2 Å². The number of carbonyl (C=O) groups excluding carboxylic acids is 1. The van der Waals surface area contributed by atoms with Gasteiger partial charge in [0.1, 0.15) is 5.75 Å². The van der Waals surface area contributed by atoms with E-state index < -0.39 is 11.7 Å². The summed E-state index contributed by atoms with van der Waals surface area (Å²) in [6.45, 7) is 1.74. The lowest BCUT2D eigenvalue weighted by atomic mass is 9.98. The molecule has 0 spiro atoms. The molecule has 0 saturated heterocycles. The number of carbonyl (C=O) groups is 1. The molecule has 3 aromatic rings. The minimum Gasteiger partial charge on any atom is -0.496 e. The van der Waals surface area contributed by atoms with Gasteiger partial charge in [-0.3, -0.25) is 15.1 Å². The Balaban J connectivity index is 1.88. The normalized spacial score (nSPS) is 10.5. The monoisotopic (exact) mass is 477 g/mol. The molecule has 2 heterocycles. The Morgan fingerprint density at radius 3 is 2.97 bits per heavy atom. The lowest BCUT2D eigenvalue weighted by Gasteiger charge is -2.14. The number of ether oxygens (including phenoxy) is 1. The first-order valence-electron chi connectivity index (χ1n) is 9.08. The smallest absolute Gasteiger partial charge is 0.259 e. The average Bonchev–Trinajstić information content (AvgIpc) is 3.20. The number of aryl methyl sites for hydroxylation is 1. The van der Waals surface area contributed by atoms with Crippen molar-refractivity contribution in [2.45, 2.75) is 24.1 Å². The maximum Gasteiger partial charge on any atom is 0.259 e. The highest BCUT2D eigenvalue weighted by Gasteiger charge is 2.22. The number of anilines is 1. The van der Waals surface area contributed by atoms with Gasteiger partial charge in [-0.25, -0.2) is 4.39 Å². The molecule has 0 saturated carbocycles. The Morgan fingerprint density at radius 1 is 1.42 bits per heavy atom. The topological polar surface area (TPSA) is 101 Å². The van der Waals surface area contributed by atoms with Gasteiger partial charge in [0.15, 0.2) is 10.2 Å². The number of nitrogens with zero attached hydrogens (tertiary/aromatic N) is 4. The van der Waals surface area contributed by atoms with E-state index >= 15 is 0 Å². The minimum atomic E-state index is -0.687. The van der Waals surface area contributed by atoms with Gasteiger partial charge in [0.05, 0.1) is 29.3 Å². The lowest BCUT2D eigenvalue weighted by molar-refractivity contribution is 0.102. The standard InChI is InChI=1S/C20H17ClFN5O2S2/c1-11-9-12(16-15(29-2)6-5-14(21)17(16)22)13(10-24-11)18(28)25-19-26-27-20(31-19)30-8-4-3-7-23/h5-6,9-10H,3-4,8H2,1-2H3,(H,25,26,28). The van der Waals surface area contributed by atoms with E-state index in [1.807, 2.05) is 0 Å². The molecule has 0 radical (unpaired) electrons. The number of nitriles is 1. The number of methoxy groups -OCH3 is 1. The summed E-state index contributed by atoms with van der Waals surface area (Å²) in [5.74, 6) is -0.224. The van der Waals surface area contributed by atoms with Gasteiger partial charge >= 0.3 is 0 Å². The Hall–Kier alpha value is -2.74. The summed E-state index contributed by atoms with van der Waals surface area (Å²) in [4.78, 5) is 17.2. The largest absolute Gasteiger partial charge is 0.496 e. The van der Waals surface area contributed by atoms with Crippen molar-refractivity contribution in [2.75, 3.05) is 18.2 Å². The Kier molecular flexibility index (Phi) is 7.79. The third-order valence-corrected chi connectivity index (χ3v) is 6.47. The highest BCUT2D eigenvalue weighted by atomic mass is 35.5. The number of hydrogen-bond acceptors (Lipinski definition) is 8. The highest BCUT2D eigenvalue weighted by Crippen LogP contribution is 2.38. The zero-order chi connectivity index (χ0) is 22.4. The number of nitrogens with one attached hydrogen (secondary N) is 1. The van der Waals surface area contributed by atoms with E-state index in [0.29, 0.717) is 27.1 Å². The number of unbranched alkanes of at least 4 members (excludes halogenated alkanes) is 1. The predicted octanol–water partition coefficient (Wildman–Crippen LogP) is 5.36. The van der Waals surface area contributed by atoms with Gasteiger partial charge < -0.3 is 4.74 Å². The van der Waals surface area contributed by atoms with Crippen LogP contribution in [0.15, 0.2) is 28.7 Å². The van der Waals surface area contributed by atoms with Crippen LogP contribution in [0.25, 0.3) is 11.1 Å². The summed E-state index contributed by atoms with van der Waals surface area (Å²) >= 11 is 8.66. The molecule has 3 rings (SSSR count). The van der Waals surface area contributed by atoms with Crippen LogP contribution in [0.1, 0.15) is 28.9 Å². The van der Waals surface area contributed by atoms with Crippen LogP contribution in [0.5, 0.6) is 5.75 Å². The summed E-state index contributed by atoms with van der Waals surface area (Å²) in [5, 5.41) is 19.5. The Bertz CT molecular complexity index is 1150. The first-order valence-corrected chi connectivity index (χ1v) is 11.3. The molecule has 11 heteroatoms. The number of rotatable bonds is 8. The molecule has 0 aliphatic rings. The number of halogens is 2. The van der Waals surface area contributed by atoms with Gasteiger partial charge in [-0.1, -0.05) is 34.7 Å². The fourth-order valence-corrected chi connectivity index (χ4v) is 4.61. The van der Waals surface area contributed by atoms with E-state index in [4.69, 9.17) is 21.6 Å². The Labute approximate surface area is 191 Å². The molecule has 160 valence electrons. The summed E-state index contributed by atoms with van der Waals surface area (Å²) in [6, 6.07) is 6.62. The quantitative estimate of drug-likeness (QED) is 0.265. The van der Waals surface area contributed by atoms with Gasteiger partial charge in [0.25, 0.3) is 5.91 Å². The average molecular weight is 478 g/mol. The molecule has 0 unspecified atom stereocenters. The van der Waals surface area contributed by atoms with Crippen molar-refractivity contribution in [3.05, 3.63) is 46.5 Å². The summed E-state index contributed by atoms with van der Waals surface area (Å²) in [7, 11) is 1.41. The number of hydrogen-bond donors (Lipinski definition) is 1. The van der Waals surface area contributed by atoms with Crippen LogP contribution in [0.3, 0.4) is 0 Å². The molecule has 1 N–H and O–H groups in total. The highest BCUT2D eigenvalue weighted by molar-refractivity contribution is 8.01. The van der Waals surface area contributed by atoms with E-state index in [1.165, 1.54) is 42.5 Å². The summed E-state index contributed by atoms with van der Waals surface area (Å²) in [6.07, 6.45) is 2.59. The minimum absolute atomic E-state index is 0.0802. The fraction of sp³-hybridized carbons (Fsp3) is 0.250. The molecule has 31 heavy (non-hydrogen) atoms. The number of aromatic nitrogens is 3. The molecule has 0 fully saturated rings. The third kappa shape index (κ3) is 5.50. The van der Waals surface area contributed by atoms with Gasteiger partial charge in [0, 0.05) is 29.6 Å². The Morgan fingerprint density at radius 2 is 2.23 bits per heavy atom. The molecule has 0 aliphatic carbocycles. The van der Waals surface area contributed by atoms with E-state index in [9.17, 15) is 9.18 Å². The van der Waals surface area contributed by atoms with E-state index in [0.717, 1.165) is 12.2 Å². The second kappa shape index (κ2) is 10.5. The van der Waals surface area contributed by atoms with E-state index in [-0.39, 0.29) is 21.9 Å². The zero-order valence-electron chi connectivity index (χ0n) is 16.6. The molecule has 0 aliphatic heterocycles. The SMILES string of the molecule is COc1ccc(Cl)c(F)c1-c1cc(C)ncc1C(=O)Nc1nnc(SCCCC#N)s1. The first kappa shape index (κ1) is 22.9. The first-order chi connectivity index (χ1) is 14.9. The molecule has 7 nitrogen and oxygen atoms in total. The fourth-order valence-electron chi connectivity index (χ4n) is 2.70. The van der Waals surface area contributed by atoms with Crippen molar-refractivity contribution in [3.8, 4) is 22.9 Å². The lowest BCUT2D eigenvalue weighted by Crippen LogP contribution is -2.14. The number of benzene rings is 1. The van der Waals surface area contributed by atoms with Crippen molar-refractivity contribution < 1.29 is 13.9 Å². The van der Waals surface area contributed by atoms with Gasteiger partial charge in [-0.05, 0) is 31.5 Å². The molecule has 0 atom stereocenters. The van der Waals surface area contributed by atoms with Crippen LogP contribution in [-0.4, -0.2) is 34.0 Å². The second-order valence-corrected chi connectivity index (χ2v) is 8.97. The number of thioether (sulfide) groups is 1. The van der Waals surface area contributed by atoms with Crippen LogP contribution >= 0.6 is 34.7 Å². The van der Waals surface area contributed by atoms with Crippen LogP contribution in [0, 0.1) is 24.1 Å². The van der Waals surface area contributed by atoms with Crippen molar-refractivity contribution in [1.29, 1.82) is 5.26 Å². The molecular weight excluding hydrogens is 461 g/mol. The maximum absolute atomic E-state index is 14.9. The summed E-state index contributed by atoms with van der Waals surface area (Å²) in [5.41, 5.74) is 1.12. The van der Waals surface area contributed by atoms with Crippen molar-refractivity contribution in [2.24, 2.45) is 0 Å². The zero-order valence-corrected chi connectivity index (χ0v) is 19.0. The van der Waals surface area contributed by atoms with Crippen LogP contribution in [0.2, 0.25) is 5.02 Å². The molecule has 0 bridgehead atoms. The molecule has 1 aromatic carbocycles. The molecular formula is C20H17ClFN5O2S2. The number of pyridine rings is 1. The second-order valence-electron chi connectivity index (χ2n) is 6.25. The number of amides is 1. The molecule has 2 aromatic heterocycles. The summed E-state index contributed by atoms with van der Waals surface area (Å²) < 4.78 is 20.9. The van der Waals surface area contributed by atoms with Crippen molar-refractivity contribution in [1.82, 2.24) is 15.2 Å². The van der Waals surface area contributed by atoms with Gasteiger partial charge in [0.2, 0.25) is 5.13 Å². The van der Waals surface area contributed by atoms with E-state index in [2.05, 4.69) is 26.6 Å². The van der Waals surface area contributed by atoms with Crippen molar-refractivity contribution >= 4 is 45.7 Å². The maximum atomic E-state index is 14.9. The third-order valence-electron chi connectivity index (χ3n) is 4.12. The van der Waals surface area contributed by atoms with Gasteiger partial charge in [-0.2, -0.15) is 5.26 Å². The van der Waals surface area contributed by atoms with Crippen LogP contribution in [-0.2, 0) is 0 Å². The molecule has 1 amide bonds. The van der Waals surface area contributed by atoms with Crippen LogP contribution < -0.4 is 10.1 Å². The van der Waals surface area contributed by atoms with Crippen molar-refractivity contribution in [3.63, 3.8) is 0 Å².